The topological polar surface area (TPSA) is 52.8 Å². The van der Waals surface area contributed by atoms with Crippen LogP contribution in [0.5, 0.6) is 11.5 Å². The minimum absolute atomic E-state index is 0.0623. The molecule has 4 rings (SSSR count). The second-order valence-electron chi connectivity index (χ2n) is 6.73. The number of thiazole rings is 1. The van der Waals surface area contributed by atoms with Crippen LogP contribution in [0.25, 0.3) is 22.1 Å². The number of hydrogen-bond acceptors (Lipinski definition) is 5. The van der Waals surface area contributed by atoms with Crippen molar-refractivity contribution >= 4 is 49.3 Å². The molecular weight excluding hydrogens is 452 g/mol. The molecule has 0 amide bonds. The van der Waals surface area contributed by atoms with Crippen LogP contribution in [0.3, 0.4) is 0 Å². The Kier molecular flexibility index (Phi) is 5.61. The molecule has 29 heavy (non-hydrogen) atoms. The number of imidazole rings is 1. The summed E-state index contributed by atoms with van der Waals surface area (Å²) in [6, 6.07) is 11.5. The van der Waals surface area contributed by atoms with Crippen LogP contribution in [0.4, 0.5) is 0 Å². The van der Waals surface area contributed by atoms with Crippen LogP contribution in [-0.2, 0) is 0 Å². The molecule has 0 saturated heterocycles. The standard InChI is InChI=1S/C22H21BrN2O3S/c1-4-13(3)28-20-15(23)10-14(11-18(20)27-5-2)12-19-21(26)25-17-9-7-6-8-16(17)24-22(25)29-19/h6-13H,4-5H2,1-3H3/b19-12-/t13-/m0/s1. The van der Waals surface area contributed by atoms with Gasteiger partial charge in [-0.1, -0.05) is 30.4 Å². The third-order valence-corrected chi connectivity index (χ3v) is 6.23. The lowest BCUT2D eigenvalue weighted by atomic mass is 10.2. The predicted octanol–water partition coefficient (Wildman–Crippen LogP) is 4.80. The number of halogens is 1. The summed E-state index contributed by atoms with van der Waals surface area (Å²) in [7, 11) is 0. The van der Waals surface area contributed by atoms with Crippen molar-refractivity contribution in [2.24, 2.45) is 0 Å². The Bertz CT molecular complexity index is 1300. The molecule has 2 aromatic heterocycles. The monoisotopic (exact) mass is 472 g/mol. The summed E-state index contributed by atoms with van der Waals surface area (Å²) in [4.78, 5) is 18.3. The maximum Gasteiger partial charge on any atom is 0.274 e. The summed E-state index contributed by atoms with van der Waals surface area (Å²) >= 11 is 4.98. The van der Waals surface area contributed by atoms with Crippen molar-refractivity contribution < 1.29 is 9.47 Å². The lowest BCUT2D eigenvalue weighted by Crippen LogP contribution is -2.22. The van der Waals surface area contributed by atoms with E-state index < -0.39 is 0 Å². The number of fused-ring (bicyclic) bond motifs is 3. The van der Waals surface area contributed by atoms with E-state index in [1.165, 1.54) is 11.3 Å². The number of benzene rings is 2. The lowest BCUT2D eigenvalue weighted by Gasteiger charge is -2.18. The van der Waals surface area contributed by atoms with E-state index in [1.54, 1.807) is 4.40 Å². The summed E-state index contributed by atoms with van der Waals surface area (Å²) in [6.07, 6.45) is 2.84. The molecule has 7 heteroatoms. The first-order valence-electron chi connectivity index (χ1n) is 9.56. The minimum Gasteiger partial charge on any atom is -0.490 e. The van der Waals surface area contributed by atoms with E-state index in [0.717, 1.165) is 27.5 Å². The van der Waals surface area contributed by atoms with Crippen molar-refractivity contribution in [3.05, 3.63) is 61.3 Å². The van der Waals surface area contributed by atoms with E-state index in [1.807, 2.05) is 56.3 Å². The number of hydrogen-bond donors (Lipinski definition) is 0. The summed E-state index contributed by atoms with van der Waals surface area (Å²) < 4.78 is 14.9. The molecule has 0 radical (unpaired) electrons. The van der Waals surface area contributed by atoms with Crippen molar-refractivity contribution in [3.8, 4) is 11.5 Å². The van der Waals surface area contributed by atoms with Crippen molar-refractivity contribution in [1.82, 2.24) is 9.38 Å². The zero-order chi connectivity index (χ0) is 20.5. The Labute approximate surface area is 180 Å². The first-order valence-corrected chi connectivity index (χ1v) is 11.2. The Morgan fingerprint density at radius 2 is 2.07 bits per heavy atom. The van der Waals surface area contributed by atoms with Crippen molar-refractivity contribution in [2.45, 2.75) is 33.3 Å². The van der Waals surface area contributed by atoms with Crippen LogP contribution in [0.2, 0.25) is 0 Å². The zero-order valence-electron chi connectivity index (χ0n) is 16.4. The summed E-state index contributed by atoms with van der Waals surface area (Å²) in [6.45, 7) is 6.57. The number of aromatic nitrogens is 2. The molecule has 0 aliphatic rings. The quantitative estimate of drug-likeness (QED) is 0.404. The van der Waals surface area contributed by atoms with Gasteiger partial charge in [0.25, 0.3) is 5.56 Å². The Morgan fingerprint density at radius 1 is 1.28 bits per heavy atom. The fourth-order valence-electron chi connectivity index (χ4n) is 3.10. The Balaban J connectivity index is 1.83. The molecule has 0 aliphatic heterocycles. The van der Waals surface area contributed by atoms with E-state index in [4.69, 9.17) is 9.47 Å². The fourth-order valence-corrected chi connectivity index (χ4v) is 4.64. The Hall–Kier alpha value is -2.38. The van der Waals surface area contributed by atoms with Crippen LogP contribution in [0, 0.1) is 0 Å². The van der Waals surface area contributed by atoms with Gasteiger partial charge in [-0.05, 0) is 72.1 Å². The molecule has 2 aromatic carbocycles. The third kappa shape index (κ3) is 3.76. The highest BCUT2D eigenvalue weighted by molar-refractivity contribution is 9.10. The number of ether oxygens (including phenoxy) is 2. The van der Waals surface area contributed by atoms with E-state index in [-0.39, 0.29) is 11.7 Å². The highest BCUT2D eigenvalue weighted by atomic mass is 79.9. The van der Waals surface area contributed by atoms with Gasteiger partial charge in [-0.3, -0.25) is 4.79 Å². The number of nitrogens with zero attached hydrogens (tertiary/aromatic N) is 2. The van der Waals surface area contributed by atoms with E-state index in [9.17, 15) is 4.79 Å². The van der Waals surface area contributed by atoms with Crippen LogP contribution >= 0.6 is 27.3 Å². The summed E-state index contributed by atoms with van der Waals surface area (Å²) in [5, 5.41) is 0. The van der Waals surface area contributed by atoms with Crippen LogP contribution < -0.4 is 19.6 Å². The molecule has 0 saturated carbocycles. The lowest BCUT2D eigenvalue weighted by molar-refractivity contribution is 0.202. The molecule has 0 bridgehead atoms. The van der Waals surface area contributed by atoms with Gasteiger partial charge < -0.3 is 9.47 Å². The molecule has 150 valence electrons. The van der Waals surface area contributed by atoms with Crippen molar-refractivity contribution in [2.75, 3.05) is 6.61 Å². The van der Waals surface area contributed by atoms with Crippen molar-refractivity contribution in [1.29, 1.82) is 0 Å². The average Bonchev–Trinajstić information content (AvgIpc) is 3.21. The second kappa shape index (κ2) is 8.16. The van der Waals surface area contributed by atoms with Gasteiger partial charge in [-0.25, -0.2) is 9.38 Å². The minimum atomic E-state index is -0.0623. The number of para-hydroxylation sites is 2. The SMILES string of the molecule is CCOc1cc(/C=c2\sc3nc4ccccc4n3c2=O)cc(Br)c1O[C@@H](C)CC. The number of rotatable bonds is 6. The smallest absolute Gasteiger partial charge is 0.274 e. The van der Waals surface area contributed by atoms with Gasteiger partial charge in [0.2, 0.25) is 0 Å². The largest absolute Gasteiger partial charge is 0.490 e. The Morgan fingerprint density at radius 3 is 2.83 bits per heavy atom. The molecule has 0 N–H and O–H groups in total. The van der Waals surface area contributed by atoms with Gasteiger partial charge >= 0.3 is 0 Å². The van der Waals surface area contributed by atoms with Gasteiger partial charge in [0.15, 0.2) is 16.5 Å². The molecule has 5 nitrogen and oxygen atoms in total. The zero-order valence-corrected chi connectivity index (χ0v) is 18.8. The molecule has 1 atom stereocenters. The van der Waals surface area contributed by atoms with Crippen LogP contribution in [0.1, 0.15) is 32.8 Å². The van der Waals surface area contributed by atoms with Gasteiger partial charge in [0.1, 0.15) is 0 Å². The van der Waals surface area contributed by atoms with Gasteiger partial charge in [-0.15, -0.1) is 0 Å². The van der Waals surface area contributed by atoms with Gasteiger partial charge in [0, 0.05) is 0 Å². The second-order valence-corrected chi connectivity index (χ2v) is 8.60. The summed E-state index contributed by atoms with van der Waals surface area (Å²) in [5.41, 5.74) is 2.46. The molecule has 0 fully saturated rings. The van der Waals surface area contributed by atoms with Crippen LogP contribution in [0.15, 0.2) is 45.7 Å². The molecular formula is C22H21BrN2O3S. The van der Waals surface area contributed by atoms with E-state index in [2.05, 4.69) is 27.8 Å². The van der Waals surface area contributed by atoms with Crippen LogP contribution in [-0.4, -0.2) is 22.1 Å². The van der Waals surface area contributed by atoms with E-state index >= 15 is 0 Å². The maximum absolute atomic E-state index is 13.0. The third-order valence-electron chi connectivity index (χ3n) is 4.67. The normalized spacial score (nSPS) is 13.3. The summed E-state index contributed by atoms with van der Waals surface area (Å²) in [5.74, 6) is 1.35. The predicted molar refractivity (Wildman–Crippen MR) is 121 cm³/mol. The highest BCUT2D eigenvalue weighted by Gasteiger charge is 2.15. The molecule has 0 unspecified atom stereocenters. The van der Waals surface area contributed by atoms with Gasteiger partial charge in [0.05, 0.1) is 32.7 Å². The molecule has 2 heterocycles. The fraction of sp³-hybridized carbons (Fsp3) is 0.273. The highest BCUT2D eigenvalue weighted by Crippen LogP contribution is 2.38. The first-order chi connectivity index (χ1) is 14.0. The first kappa shape index (κ1) is 19.9. The maximum atomic E-state index is 13.0. The molecule has 0 spiro atoms. The van der Waals surface area contributed by atoms with Crippen molar-refractivity contribution in [3.63, 3.8) is 0 Å². The average molecular weight is 473 g/mol. The molecule has 0 aliphatic carbocycles. The van der Waals surface area contributed by atoms with Gasteiger partial charge in [-0.2, -0.15) is 0 Å². The van der Waals surface area contributed by atoms with E-state index in [0.29, 0.717) is 27.6 Å². The molecule has 4 aromatic rings.